The summed E-state index contributed by atoms with van der Waals surface area (Å²) in [6.07, 6.45) is 1.74. The number of aliphatic hydroxyl groups is 2. The first-order chi connectivity index (χ1) is 11.3. The molecule has 2 N–H and O–H groups in total. The van der Waals surface area contributed by atoms with Crippen LogP contribution in [-0.2, 0) is 4.43 Å². The van der Waals surface area contributed by atoms with Gasteiger partial charge in [-0.2, -0.15) is 0 Å². The van der Waals surface area contributed by atoms with Crippen LogP contribution in [0.4, 0.5) is 0 Å². The molecule has 4 atom stereocenters. The summed E-state index contributed by atoms with van der Waals surface area (Å²) in [5.74, 6) is 12.6. The fourth-order valence-electron chi connectivity index (χ4n) is 3.34. The minimum atomic E-state index is -1.43. The summed E-state index contributed by atoms with van der Waals surface area (Å²) in [4.78, 5) is 0. The van der Waals surface area contributed by atoms with Gasteiger partial charge in [0.1, 0.15) is 17.8 Å². The Morgan fingerprint density at radius 2 is 1.84 bits per heavy atom. The number of hydrogen-bond donors (Lipinski definition) is 2. The largest absolute Gasteiger partial charge is 0.404 e. The molecule has 0 aliphatic heterocycles. The van der Waals surface area contributed by atoms with Crippen LogP contribution in [0, 0.1) is 40.4 Å². The fraction of sp³-hybridized carbons (Fsp3) is 0.714. The van der Waals surface area contributed by atoms with E-state index in [9.17, 15) is 10.2 Å². The van der Waals surface area contributed by atoms with Crippen LogP contribution in [0.2, 0.25) is 13.1 Å². The van der Waals surface area contributed by atoms with Gasteiger partial charge in [0.05, 0.1) is 0 Å². The summed E-state index contributed by atoms with van der Waals surface area (Å²) < 4.78 is 6.10. The van der Waals surface area contributed by atoms with Gasteiger partial charge < -0.3 is 14.6 Å². The molecule has 3 nitrogen and oxygen atoms in total. The molecule has 2 aliphatic carbocycles. The minimum absolute atomic E-state index is 0.0276. The molecule has 0 amide bonds. The second kappa shape index (κ2) is 6.93. The summed E-state index contributed by atoms with van der Waals surface area (Å²) in [5, 5.41) is 21.8. The number of aliphatic hydroxyl groups excluding tert-OH is 1. The molecule has 0 aromatic carbocycles. The van der Waals surface area contributed by atoms with E-state index in [4.69, 9.17) is 4.43 Å². The number of rotatable bonds is 2. The van der Waals surface area contributed by atoms with Gasteiger partial charge in [0.2, 0.25) is 0 Å². The third-order valence-corrected chi connectivity index (χ3v) is 5.76. The van der Waals surface area contributed by atoms with E-state index in [0.29, 0.717) is 12.8 Å². The van der Waals surface area contributed by atoms with Crippen molar-refractivity contribution in [2.45, 2.75) is 78.4 Å². The second-order valence-electron chi connectivity index (χ2n) is 9.39. The minimum Gasteiger partial charge on any atom is -0.404 e. The van der Waals surface area contributed by atoms with Crippen LogP contribution in [0.15, 0.2) is 11.6 Å². The first-order valence-corrected chi connectivity index (χ1v) is 11.9. The topological polar surface area (TPSA) is 49.7 Å². The molecule has 0 bridgehead atoms. The summed E-state index contributed by atoms with van der Waals surface area (Å²) >= 11 is 0. The smallest absolute Gasteiger partial charge is 0.172 e. The quantitative estimate of drug-likeness (QED) is 0.588. The van der Waals surface area contributed by atoms with Gasteiger partial charge in [-0.15, -0.1) is 0 Å². The Morgan fingerprint density at radius 3 is 2.40 bits per heavy atom. The average Bonchev–Trinajstić information content (AvgIpc) is 2.78. The number of fused-ring (bicyclic) bond motifs is 1. The third-order valence-electron chi connectivity index (χ3n) is 4.94. The highest BCUT2D eigenvalue weighted by molar-refractivity contribution is 6.48. The van der Waals surface area contributed by atoms with E-state index in [2.05, 4.69) is 63.6 Å². The Kier molecular flexibility index (Phi) is 5.62. The van der Waals surface area contributed by atoms with Crippen molar-refractivity contribution < 1.29 is 14.6 Å². The number of allylic oxidation sites excluding steroid dienone is 1. The predicted molar refractivity (Wildman–Crippen MR) is 104 cm³/mol. The summed E-state index contributed by atoms with van der Waals surface area (Å²) in [6.45, 7) is 14.7. The Hall–Kier alpha value is -1.04. The highest BCUT2D eigenvalue weighted by Crippen LogP contribution is 2.45. The molecule has 0 saturated heterocycles. The normalized spacial score (nSPS) is 34.3. The lowest BCUT2D eigenvalue weighted by Crippen LogP contribution is -2.46. The first kappa shape index (κ1) is 20.3. The molecule has 0 spiro atoms. The van der Waals surface area contributed by atoms with E-state index >= 15 is 0 Å². The molecule has 4 heteroatoms. The zero-order chi connectivity index (χ0) is 19.0. The van der Waals surface area contributed by atoms with Crippen molar-refractivity contribution in [1.29, 1.82) is 0 Å². The Labute approximate surface area is 154 Å². The monoisotopic (exact) mass is 360 g/mol. The lowest BCUT2D eigenvalue weighted by Gasteiger charge is -2.35. The maximum absolute atomic E-state index is 11.6. The predicted octanol–water partition coefficient (Wildman–Crippen LogP) is 2.88. The molecule has 0 aromatic heterocycles. The number of hydrogen-bond acceptors (Lipinski definition) is 3. The van der Waals surface area contributed by atoms with Crippen molar-refractivity contribution in [2.75, 3.05) is 0 Å². The summed E-state index contributed by atoms with van der Waals surface area (Å²) in [5.41, 5.74) is -0.816. The molecule has 25 heavy (non-hydrogen) atoms. The maximum Gasteiger partial charge on any atom is 0.172 e. The zero-order valence-corrected chi connectivity index (χ0v) is 17.8. The van der Waals surface area contributed by atoms with Crippen LogP contribution >= 0.6 is 0 Å². The molecule has 2 rings (SSSR count). The molecule has 0 heterocycles. The van der Waals surface area contributed by atoms with Gasteiger partial charge in [0, 0.05) is 17.4 Å². The van der Waals surface area contributed by atoms with E-state index in [-0.39, 0.29) is 16.7 Å². The van der Waals surface area contributed by atoms with Crippen molar-refractivity contribution in [2.24, 2.45) is 16.7 Å². The van der Waals surface area contributed by atoms with E-state index in [1.165, 1.54) is 0 Å². The lowest BCUT2D eigenvalue weighted by molar-refractivity contribution is -0.0160. The lowest BCUT2D eigenvalue weighted by atomic mass is 9.77. The van der Waals surface area contributed by atoms with E-state index in [0.717, 1.165) is 5.57 Å². The zero-order valence-electron chi connectivity index (χ0n) is 16.6. The van der Waals surface area contributed by atoms with Crippen LogP contribution in [0.25, 0.3) is 0 Å². The van der Waals surface area contributed by atoms with Crippen LogP contribution in [0.5, 0.6) is 0 Å². The van der Waals surface area contributed by atoms with Gasteiger partial charge in [0.25, 0.3) is 0 Å². The van der Waals surface area contributed by atoms with Crippen molar-refractivity contribution >= 4 is 9.04 Å². The third kappa shape index (κ3) is 4.77. The Balaban J connectivity index is 2.55. The second-order valence-corrected chi connectivity index (χ2v) is 11.8. The van der Waals surface area contributed by atoms with E-state index < -0.39 is 26.8 Å². The molecule has 0 fully saturated rings. The van der Waals surface area contributed by atoms with Crippen LogP contribution < -0.4 is 0 Å². The summed E-state index contributed by atoms with van der Waals surface area (Å²) in [6, 6.07) is 0. The van der Waals surface area contributed by atoms with E-state index in [1.54, 1.807) is 0 Å². The van der Waals surface area contributed by atoms with Crippen molar-refractivity contribution in [3.63, 3.8) is 0 Å². The molecule has 4 unspecified atom stereocenters. The van der Waals surface area contributed by atoms with Gasteiger partial charge in [-0.3, -0.25) is 0 Å². The molecular weight excluding hydrogens is 328 g/mol. The van der Waals surface area contributed by atoms with Crippen LogP contribution in [0.3, 0.4) is 0 Å². The molecule has 2 aliphatic rings. The van der Waals surface area contributed by atoms with Gasteiger partial charge in [0.15, 0.2) is 9.04 Å². The van der Waals surface area contributed by atoms with Crippen molar-refractivity contribution in [3.8, 4) is 23.7 Å². The average molecular weight is 361 g/mol. The van der Waals surface area contributed by atoms with Crippen LogP contribution in [0.1, 0.15) is 47.5 Å². The van der Waals surface area contributed by atoms with Crippen LogP contribution in [-0.4, -0.2) is 37.1 Å². The molecular formula is C21H32O3Si. The van der Waals surface area contributed by atoms with Gasteiger partial charge in [-0.1, -0.05) is 50.5 Å². The Bertz CT molecular complexity index is 663. The SMILES string of the molecule is C[SiH](C)OC1C#CC(O)CC(C)(C)C#CC2=CC(C(C)(C)C)CC21O. The highest BCUT2D eigenvalue weighted by Gasteiger charge is 2.49. The van der Waals surface area contributed by atoms with Gasteiger partial charge in [-0.25, -0.2) is 0 Å². The van der Waals surface area contributed by atoms with Crippen molar-refractivity contribution in [3.05, 3.63) is 11.6 Å². The standard InChI is InChI=1S/C21H32O3Si/c1-19(2,3)16-12-15-10-11-20(4,5)14-17(22)8-9-18(24-25(6)7)21(15,23)13-16/h12,16-18,22-23,25H,13-14H2,1-7H3. The fourth-order valence-corrected chi connectivity index (χ4v) is 4.17. The summed E-state index contributed by atoms with van der Waals surface area (Å²) in [7, 11) is -1.43. The Morgan fingerprint density at radius 1 is 1.20 bits per heavy atom. The maximum atomic E-state index is 11.6. The molecule has 138 valence electrons. The van der Waals surface area contributed by atoms with E-state index in [1.807, 2.05) is 13.8 Å². The molecule has 0 radical (unpaired) electrons. The first-order valence-electron chi connectivity index (χ1n) is 9.16. The van der Waals surface area contributed by atoms with Gasteiger partial charge >= 0.3 is 0 Å². The van der Waals surface area contributed by atoms with Crippen molar-refractivity contribution in [1.82, 2.24) is 0 Å². The van der Waals surface area contributed by atoms with Gasteiger partial charge in [-0.05, 0) is 44.7 Å². The highest BCUT2D eigenvalue weighted by atomic mass is 28.3. The molecule has 0 saturated carbocycles. The molecule has 0 aromatic rings.